The van der Waals surface area contributed by atoms with Gasteiger partial charge < -0.3 is 15.0 Å². The van der Waals surface area contributed by atoms with Crippen LogP contribution in [0.3, 0.4) is 0 Å². The Morgan fingerprint density at radius 1 is 1.40 bits per heavy atom. The Labute approximate surface area is 168 Å². The van der Waals surface area contributed by atoms with Crippen LogP contribution in [0.2, 0.25) is 0 Å². The molecule has 1 fully saturated rings. The maximum Gasteiger partial charge on any atom is 0.193 e. The first-order valence-corrected chi connectivity index (χ1v) is 10.3. The average Bonchev–Trinajstić information content (AvgIpc) is 2.54. The molecule has 1 unspecified atom stereocenters. The first kappa shape index (κ1) is 22.2. The lowest BCUT2D eigenvalue weighted by atomic mass is 10.0. The molecule has 0 aromatic heterocycles. The number of aliphatic imine (C=N–C) groups is 1. The highest BCUT2D eigenvalue weighted by Crippen LogP contribution is 2.24. The normalized spacial score (nSPS) is 18.6. The number of hydrogen-bond donors (Lipinski definition) is 1. The van der Waals surface area contributed by atoms with E-state index in [2.05, 4.69) is 34.3 Å². The number of rotatable bonds is 5. The van der Waals surface area contributed by atoms with Crippen LogP contribution in [0.1, 0.15) is 23.7 Å². The molecule has 0 radical (unpaired) electrons. The summed E-state index contributed by atoms with van der Waals surface area (Å²) >= 11 is 0. The molecule has 1 saturated heterocycles. The van der Waals surface area contributed by atoms with E-state index in [1.54, 1.807) is 7.05 Å². The Balaban J connectivity index is 0.00000312. The van der Waals surface area contributed by atoms with Crippen LogP contribution in [0.15, 0.2) is 29.3 Å². The number of sulfone groups is 1. The van der Waals surface area contributed by atoms with E-state index in [1.165, 1.54) is 17.4 Å². The van der Waals surface area contributed by atoms with Crippen molar-refractivity contribution < 1.29 is 13.2 Å². The quantitative estimate of drug-likeness (QED) is 0.302. The first-order valence-electron chi connectivity index (χ1n) is 8.21. The summed E-state index contributed by atoms with van der Waals surface area (Å²) in [5.74, 6) is 0.983. The molecule has 142 valence electrons. The average molecular weight is 481 g/mol. The molecule has 1 N–H and O–H groups in total. The number of ether oxygens (including phenoxy) is 1. The molecule has 0 spiro atoms. The van der Waals surface area contributed by atoms with Crippen molar-refractivity contribution in [1.82, 2.24) is 10.2 Å². The first-order chi connectivity index (χ1) is 11.4. The number of morpholine rings is 1. The fourth-order valence-electron chi connectivity index (χ4n) is 2.84. The number of halogens is 1. The molecular formula is C17H28IN3O3S. The highest BCUT2D eigenvalue weighted by atomic mass is 127. The zero-order valence-electron chi connectivity index (χ0n) is 15.1. The number of nitrogens with one attached hydrogen (secondary N) is 1. The van der Waals surface area contributed by atoms with Gasteiger partial charge in [-0.3, -0.25) is 4.99 Å². The molecule has 1 atom stereocenters. The lowest BCUT2D eigenvalue weighted by molar-refractivity contribution is -0.00829. The second-order valence-corrected chi connectivity index (χ2v) is 8.38. The summed E-state index contributed by atoms with van der Waals surface area (Å²) < 4.78 is 28.3. The van der Waals surface area contributed by atoms with Crippen LogP contribution in [-0.4, -0.2) is 64.6 Å². The van der Waals surface area contributed by atoms with Crippen molar-refractivity contribution in [2.45, 2.75) is 19.4 Å². The molecular weight excluding hydrogens is 453 g/mol. The monoisotopic (exact) mass is 481 g/mol. The second-order valence-electron chi connectivity index (χ2n) is 6.12. The van der Waals surface area contributed by atoms with E-state index in [-0.39, 0.29) is 35.8 Å². The van der Waals surface area contributed by atoms with Crippen molar-refractivity contribution in [1.29, 1.82) is 0 Å². The van der Waals surface area contributed by atoms with Gasteiger partial charge in [-0.1, -0.05) is 24.3 Å². The highest BCUT2D eigenvalue weighted by molar-refractivity contribution is 14.0. The van der Waals surface area contributed by atoms with E-state index in [0.717, 1.165) is 19.0 Å². The zero-order chi connectivity index (χ0) is 17.6. The fraction of sp³-hybridized carbons (Fsp3) is 0.588. The van der Waals surface area contributed by atoms with E-state index >= 15 is 0 Å². The number of nitrogens with zero attached hydrogens (tertiary/aromatic N) is 2. The summed E-state index contributed by atoms with van der Waals surface area (Å²) in [6.07, 6.45) is 1.86. The Hall–Kier alpha value is -0.870. The Kier molecular flexibility index (Phi) is 9.15. The zero-order valence-corrected chi connectivity index (χ0v) is 18.2. The van der Waals surface area contributed by atoms with Crippen molar-refractivity contribution in [2.75, 3.05) is 45.3 Å². The van der Waals surface area contributed by atoms with Gasteiger partial charge in [-0.2, -0.15) is 0 Å². The Morgan fingerprint density at radius 3 is 2.76 bits per heavy atom. The summed E-state index contributed by atoms with van der Waals surface area (Å²) in [5.41, 5.74) is 2.43. The van der Waals surface area contributed by atoms with Crippen LogP contribution in [0.5, 0.6) is 0 Å². The van der Waals surface area contributed by atoms with Gasteiger partial charge in [-0.15, -0.1) is 24.0 Å². The van der Waals surface area contributed by atoms with Gasteiger partial charge in [0.25, 0.3) is 0 Å². The summed E-state index contributed by atoms with van der Waals surface area (Å²) in [5, 5.41) is 3.25. The third kappa shape index (κ3) is 7.10. The van der Waals surface area contributed by atoms with Gasteiger partial charge in [-0.05, 0) is 24.5 Å². The molecule has 1 aliphatic heterocycles. The molecule has 1 aromatic carbocycles. The van der Waals surface area contributed by atoms with Crippen LogP contribution >= 0.6 is 24.0 Å². The third-order valence-corrected chi connectivity index (χ3v) is 5.12. The largest absolute Gasteiger partial charge is 0.370 e. The maximum atomic E-state index is 11.2. The molecule has 0 saturated carbocycles. The SMILES string of the molecule is CN=C(NCCCS(C)(=O)=O)N1CCOC(c2ccccc2C)C1.I. The Morgan fingerprint density at radius 2 is 2.12 bits per heavy atom. The van der Waals surface area contributed by atoms with Crippen molar-refractivity contribution >= 4 is 39.8 Å². The standard InChI is InChI=1S/C17H27N3O3S.HI/c1-14-7-4-5-8-15(14)16-13-20(10-11-23-16)17(18-2)19-9-6-12-24(3,21)22;/h4-5,7-8,16H,6,9-13H2,1-3H3,(H,18,19);1H. The molecule has 1 aromatic rings. The van der Waals surface area contributed by atoms with Crippen LogP contribution in [-0.2, 0) is 14.6 Å². The predicted octanol–water partition coefficient (Wildman–Crippen LogP) is 2.00. The fourth-order valence-corrected chi connectivity index (χ4v) is 3.51. The topological polar surface area (TPSA) is 71.0 Å². The molecule has 1 aliphatic rings. The number of hydrogen-bond acceptors (Lipinski definition) is 4. The summed E-state index contributed by atoms with van der Waals surface area (Å²) in [4.78, 5) is 6.49. The molecule has 2 rings (SSSR count). The van der Waals surface area contributed by atoms with E-state index < -0.39 is 9.84 Å². The van der Waals surface area contributed by atoms with Gasteiger partial charge in [0.15, 0.2) is 5.96 Å². The number of aryl methyl sites for hydroxylation is 1. The minimum atomic E-state index is -2.92. The Bertz CT molecular complexity index is 679. The van der Waals surface area contributed by atoms with Crippen molar-refractivity contribution in [3.63, 3.8) is 0 Å². The summed E-state index contributed by atoms with van der Waals surface area (Å²) in [7, 11) is -1.17. The van der Waals surface area contributed by atoms with E-state index in [0.29, 0.717) is 19.6 Å². The van der Waals surface area contributed by atoms with Gasteiger partial charge in [0.05, 0.1) is 18.9 Å². The van der Waals surface area contributed by atoms with Crippen molar-refractivity contribution in [2.24, 2.45) is 4.99 Å². The van der Waals surface area contributed by atoms with Gasteiger partial charge in [0, 0.05) is 26.4 Å². The molecule has 0 bridgehead atoms. The second kappa shape index (κ2) is 10.3. The molecule has 0 aliphatic carbocycles. The van der Waals surface area contributed by atoms with Crippen LogP contribution < -0.4 is 5.32 Å². The third-order valence-electron chi connectivity index (χ3n) is 4.09. The van der Waals surface area contributed by atoms with Crippen molar-refractivity contribution in [3.8, 4) is 0 Å². The minimum Gasteiger partial charge on any atom is -0.370 e. The van der Waals surface area contributed by atoms with Gasteiger partial charge in [-0.25, -0.2) is 8.42 Å². The highest BCUT2D eigenvalue weighted by Gasteiger charge is 2.24. The van der Waals surface area contributed by atoms with Crippen LogP contribution in [0.25, 0.3) is 0 Å². The van der Waals surface area contributed by atoms with E-state index in [4.69, 9.17) is 4.74 Å². The lowest BCUT2D eigenvalue weighted by Crippen LogP contribution is -2.48. The summed E-state index contributed by atoms with van der Waals surface area (Å²) in [6, 6.07) is 8.26. The molecule has 0 amide bonds. The minimum absolute atomic E-state index is 0. The molecule has 25 heavy (non-hydrogen) atoms. The molecule has 8 heteroatoms. The number of guanidine groups is 1. The van der Waals surface area contributed by atoms with Gasteiger partial charge >= 0.3 is 0 Å². The smallest absolute Gasteiger partial charge is 0.193 e. The van der Waals surface area contributed by atoms with Gasteiger partial charge in [0.1, 0.15) is 15.9 Å². The maximum absolute atomic E-state index is 11.2. The number of benzene rings is 1. The van der Waals surface area contributed by atoms with Crippen molar-refractivity contribution in [3.05, 3.63) is 35.4 Å². The van der Waals surface area contributed by atoms with Crippen LogP contribution in [0, 0.1) is 6.92 Å². The molecule has 1 heterocycles. The van der Waals surface area contributed by atoms with E-state index in [9.17, 15) is 8.42 Å². The lowest BCUT2D eigenvalue weighted by Gasteiger charge is -2.35. The van der Waals surface area contributed by atoms with Crippen LogP contribution in [0.4, 0.5) is 0 Å². The molecule has 6 nitrogen and oxygen atoms in total. The summed E-state index contributed by atoms with van der Waals surface area (Å²) in [6.45, 7) is 4.83. The van der Waals surface area contributed by atoms with E-state index in [1.807, 2.05) is 12.1 Å². The predicted molar refractivity (Wildman–Crippen MR) is 113 cm³/mol. The van der Waals surface area contributed by atoms with Gasteiger partial charge in [0.2, 0.25) is 0 Å².